The SMILES string of the molecule is COc1nccnc1NS(=O)(=O)C1=CC(Cl)=CCC1=S. The topological polar surface area (TPSA) is 81.2 Å². The summed E-state index contributed by atoms with van der Waals surface area (Å²) < 4.78 is 31.8. The number of rotatable bonds is 4. The van der Waals surface area contributed by atoms with Gasteiger partial charge in [0.1, 0.15) is 4.91 Å². The lowest BCUT2D eigenvalue weighted by atomic mass is 10.2. The summed E-state index contributed by atoms with van der Waals surface area (Å²) in [4.78, 5) is 7.97. The number of methoxy groups -OCH3 is 1. The van der Waals surface area contributed by atoms with Crippen LogP contribution in [0.15, 0.2) is 34.5 Å². The molecule has 0 atom stereocenters. The second-order valence-electron chi connectivity index (χ2n) is 3.74. The standard InChI is InChI=1S/C11H10ClN3O3S2/c1-18-11-10(13-4-5-14-11)15-20(16,17)9-6-7(12)2-3-8(9)19/h2,4-6H,3H2,1H3,(H,13,15). The Balaban J connectivity index is 2.37. The van der Waals surface area contributed by atoms with E-state index in [1.54, 1.807) is 6.08 Å². The van der Waals surface area contributed by atoms with Gasteiger partial charge in [-0.2, -0.15) is 0 Å². The molecule has 1 aromatic rings. The van der Waals surface area contributed by atoms with Crippen molar-refractivity contribution < 1.29 is 13.2 Å². The minimum absolute atomic E-state index is 0.00984. The average molecular weight is 332 g/mol. The Kier molecular flexibility index (Phi) is 4.36. The summed E-state index contributed by atoms with van der Waals surface area (Å²) in [6.07, 6.45) is 5.99. The third-order valence-corrected chi connectivity index (χ3v) is 4.59. The molecular weight excluding hydrogens is 322 g/mol. The van der Waals surface area contributed by atoms with Crippen LogP contribution in [0.3, 0.4) is 0 Å². The van der Waals surface area contributed by atoms with Gasteiger partial charge in [-0.15, -0.1) is 0 Å². The molecule has 0 spiro atoms. The molecule has 1 aliphatic rings. The highest BCUT2D eigenvalue weighted by Crippen LogP contribution is 2.26. The highest BCUT2D eigenvalue weighted by Gasteiger charge is 2.25. The predicted octanol–water partition coefficient (Wildman–Crippen LogP) is 2.01. The zero-order valence-corrected chi connectivity index (χ0v) is 12.7. The van der Waals surface area contributed by atoms with Gasteiger partial charge in [-0.25, -0.2) is 18.4 Å². The number of allylic oxidation sites excluding steroid dienone is 4. The van der Waals surface area contributed by atoms with Crippen LogP contribution in [0.5, 0.6) is 5.88 Å². The lowest BCUT2D eigenvalue weighted by Crippen LogP contribution is -2.22. The van der Waals surface area contributed by atoms with Crippen LogP contribution in [-0.2, 0) is 10.0 Å². The van der Waals surface area contributed by atoms with Gasteiger partial charge >= 0.3 is 0 Å². The predicted molar refractivity (Wildman–Crippen MR) is 80.4 cm³/mol. The second-order valence-corrected chi connectivity index (χ2v) is 6.32. The molecule has 0 unspecified atom stereocenters. The number of ether oxygens (including phenoxy) is 1. The van der Waals surface area contributed by atoms with Crippen molar-refractivity contribution in [2.45, 2.75) is 6.42 Å². The molecule has 20 heavy (non-hydrogen) atoms. The van der Waals surface area contributed by atoms with E-state index in [0.29, 0.717) is 11.5 Å². The number of nitrogens with zero attached hydrogens (tertiary/aromatic N) is 2. The monoisotopic (exact) mass is 331 g/mol. The molecule has 6 nitrogen and oxygen atoms in total. The van der Waals surface area contributed by atoms with Crippen LogP contribution in [0.2, 0.25) is 0 Å². The van der Waals surface area contributed by atoms with Crippen LogP contribution in [0.4, 0.5) is 5.82 Å². The smallest absolute Gasteiger partial charge is 0.264 e. The van der Waals surface area contributed by atoms with Crippen LogP contribution < -0.4 is 9.46 Å². The summed E-state index contributed by atoms with van der Waals surface area (Å²) in [5, 5.41) is 0.324. The summed E-state index contributed by atoms with van der Waals surface area (Å²) in [7, 11) is -2.52. The van der Waals surface area contributed by atoms with Gasteiger partial charge in [0, 0.05) is 28.7 Å². The average Bonchev–Trinajstić information content (AvgIpc) is 2.41. The van der Waals surface area contributed by atoms with Gasteiger partial charge in [0.25, 0.3) is 15.9 Å². The molecule has 0 amide bonds. The third kappa shape index (κ3) is 3.14. The lowest BCUT2D eigenvalue weighted by Gasteiger charge is -2.14. The third-order valence-electron chi connectivity index (χ3n) is 2.40. The van der Waals surface area contributed by atoms with Gasteiger partial charge in [0.05, 0.1) is 7.11 Å². The van der Waals surface area contributed by atoms with Crippen molar-refractivity contribution in [2.24, 2.45) is 0 Å². The quantitative estimate of drug-likeness (QED) is 0.850. The van der Waals surface area contributed by atoms with Gasteiger partial charge in [-0.05, 0) is 6.08 Å². The Morgan fingerprint density at radius 1 is 1.40 bits per heavy atom. The molecule has 0 saturated heterocycles. The minimum Gasteiger partial charge on any atom is -0.478 e. The van der Waals surface area contributed by atoms with E-state index < -0.39 is 10.0 Å². The molecular formula is C11H10ClN3O3S2. The summed E-state index contributed by atoms with van der Waals surface area (Å²) in [6, 6.07) is 0. The summed E-state index contributed by atoms with van der Waals surface area (Å²) >= 11 is 10.9. The number of anilines is 1. The molecule has 106 valence electrons. The van der Waals surface area contributed by atoms with E-state index in [4.69, 9.17) is 28.6 Å². The molecule has 0 fully saturated rings. The van der Waals surface area contributed by atoms with Gasteiger partial charge < -0.3 is 4.74 Å². The van der Waals surface area contributed by atoms with E-state index >= 15 is 0 Å². The van der Waals surface area contributed by atoms with Crippen molar-refractivity contribution in [3.05, 3.63) is 34.5 Å². The molecule has 9 heteroatoms. The summed E-state index contributed by atoms with van der Waals surface area (Å²) in [6.45, 7) is 0. The molecule has 0 aliphatic heterocycles. The molecule has 0 bridgehead atoms. The zero-order chi connectivity index (χ0) is 14.8. The summed E-state index contributed by atoms with van der Waals surface area (Å²) in [5.74, 6) is 0.0596. The maximum Gasteiger partial charge on any atom is 0.264 e. The Bertz CT molecular complexity index is 713. The van der Waals surface area contributed by atoms with Crippen molar-refractivity contribution in [3.63, 3.8) is 0 Å². The van der Waals surface area contributed by atoms with E-state index in [-0.39, 0.29) is 21.5 Å². The van der Waals surface area contributed by atoms with E-state index in [1.807, 2.05) is 0 Å². The maximum atomic E-state index is 12.3. The van der Waals surface area contributed by atoms with E-state index in [0.717, 1.165) is 0 Å². The molecule has 1 N–H and O–H groups in total. The number of sulfonamides is 1. The number of thiocarbonyl (C=S) groups is 1. The van der Waals surface area contributed by atoms with Crippen molar-refractivity contribution in [3.8, 4) is 5.88 Å². The molecule has 1 aliphatic carbocycles. The largest absolute Gasteiger partial charge is 0.478 e. The van der Waals surface area contributed by atoms with Crippen molar-refractivity contribution in [2.75, 3.05) is 11.8 Å². The lowest BCUT2D eigenvalue weighted by molar-refractivity contribution is 0.398. The first-order chi connectivity index (χ1) is 9.44. The van der Waals surface area contributed by atoms with Crippen LogP contribution in [0, 0.1) is 0 Å². The second kappa shape index (κ2) is 5.86. The Morgan fingerprint density at radius 3 is 2.80 bits per heavy atom. The molecule has 1 aromatic heterocycles. The fourth-order valence-corrected chi connectivity index (χ4v) is 3.40. The molecule has 2 rings (SSSR count). The van der Waals surface area contributed by atoms with Crippen molar-refractivity contribution in [1.82, 2.24) is 9.97 Å². The van der Waals surface area contributed by atoms with Crippen molar-refractivity contribution in [1.29, 1.82) is 0 Å². The first-order valence-electron chi connectivity index (χ1n) is 5.42. The number of nitrogens with one attached hydrogen (secondary N) is 1. The maximum absolute atomic E-state index is 12.3. The fourth-order valence-electron chi connectivity index (χ4n) is 1.51. The molecule has 1 heterocycles. The molecule has 0 radical (unpaired) electrons. The first kappa shape index (κ1) is 14.9. The van der Waals surface area contributed by atoms with E-state index in [9.17, 15) is 8.42 Å². The van der Waals surface area contributed by atoms with Crippen LogP contribution >= 0.6 is 23.8 Å². The van der Waals surface area contributed by atoms with Crippen LogP contribution in [0.1, 0.15) is 6.42 Å². The van der Waals surface area contributed by atoms with E-state index in [1.165, 1.54) is 25.6 Å². The van der Waals surface area contributed by atoms with Crippen LogP contribution in [-0.4, -0.2) is 30.4 Å². The zero-order valence-electron chi connectivity index (χ0n) is 10.3. The van der Waals surface area contributed by atoms with Gasteiger partial charge in [0.15, 0.2) is 0 Å². The van der Waals surface area contributed by atoms with Gasteiger partial charge in [0.2, 0.25) is 5.82 Å². The fraction of sp³-hybridized carbons (Fsp3) is 0.182. The number of hydrogen-bond donors (Lipinski definition) is 1. The Hall–Kier alpha value is -1.51. The summed E-state index contributed by atoms with van der Waals surface area (Å²) in [5.41, 5.74) is 0. The highest BCUT2D eigenvalue weighted by molar-refractivity contribution is 7.99. The van der Waals surface area contributed by atoms with Gasteiger partial charge in [-0.3, -0.25) is 4.72 Å². The van der Waals surface area contributed by atoms with Crippen molar-refractivity contribution >= 4 is 44.5 Å². The highest BCUT2D eigenvalue weighted by atomic mass is 35.5. The normalized spacial score (nSPS) is 15.4. The minimum atomic E-state index is -3.89. The number of hydrogen-bond acceptors (Lipinski definition) is 6. The van der Waals surface area contributed by atoms with Crippen LogP contribution in [0.25, 0.3) is 0 Å². The Morgan fingerprint density at radius 2 is 2.10 bits per heavy atom. The molecule has 0 saturated carbocycles. The number of aromatic nitrogens is 2. The first-order valence-corrected chi connectivity index (χ1v) is 7.69. The number of halogens is 1. The Labute approximate surface area is 126 Å². The van der Waals surface area contributed by atoms with E-state index in [2.05, 4.69) is 14.7 Å². The van der Waals surface area contributed by atoms with Gasteiger partial charge in [-0.1, -0.05) is 29.9 Å². The molecule has 0 aromatic carbocycles.